The lowest BCUT2D eigenvalue weighted by atomic mass is 9.83. The van der Waals surface area contributed by atoms with E-state index in [2.05, 4.69) is 39.5 Å². The number of hydrogen-bond donors (Lipinski definition) is 1. The van der Waals surface area contributed by atoms with Crippen LogP contribution in [-0.4, -0.2) is 34.7 Å². The van der Waals surface area contributed by atoms with Crippen LogP contribution in [0.4, 0.5) is 0 Å². The Morgan fingerprint density at radius 1 is 1.18 bits per heavy atom. The van der Waals surface area contributed by atoms with Gasteiger partial charge in [-0.3, -0.25) is 4.90 Å². The Morgan fingerprint density at radius 2 is 1.82 bits per heavy atom. The molecule has 5 atom stereocenters. The molecular weight excluding hydrogens is 210 g/mol. The Morgan fingerprint density at radius 3 is 2.35 bits per heavy atom. The highest BCUT2D eigenvalue weighted by Gasteiger charge is 2.46. The first-order valence-electron chi connectivity index (χ1n) is 7.26. The third kappa shape index (κ3) is 2.39. The maximum atomic E-state index is 10.5. The van der Waals surface area contributed by atoms with Gasteiger partial charge in [0.05, 0.1) is 6.10 Å². The molecule has 0 radical (unpaired) electrons. The normalized spacial score (nSPS) is 47.3. The van der Waals surface area contributed by atoms with Crippen LogP contribution < -0.4 is 0 Å². The summed E-state index contributed by atoms with van der Waals surface area (Å²) in [6.45, 7) is 12.6. The fourth-order valence-electron chi connectivity index (χ4n) is 3.89. The van der Waals surface area contributed by atoms with Crippen molar-refractivity contribution in [3.05, 3.63) is 0 Å². The Bertz CT molecular complexity index is 276. The van der Waals surface area contributed by atoms with Gasteiger partial charge in [0.1, 0.15) is 0 Å². The standard InChI is InChI=1S/C15H29NO/c1-10-8-11(2)12(3)16(9-10)13-6-7-15(4,5)14(13)17/h10-14,17H,6-9H2,1-5H3. The largest absolute Gasteiger partial charge is 0.391 e. The lowest BCUT2D eigenvalue weighted by Crippen LogP contribution is -2.54. The molecule has 1 aliphatic heterocycles. The van der Waals surface area contributed by atoms with Crippen LogP contribution in [0.5, 0.6) is 0 Å². The van der Waals surface area contributed by atoms with Crippen molar-refractivity contribution < 1.29 is 5.11 Å². The number of aliphatic hydroxyl groups is 1. The van der Waals surface area contributed by atoms with Crippen molar-refractivity contribution in [3.63, 3.8) is 0 Å². The van der Waals surface area contributed by atoms with Crippen LogP contribution in [-0.2, 0) is 0 Å². The molecule has 100 valence electrons. The average molecular weight is 239 g/mol. The summed E-state index contributed by atoms with van der Waals surface area (Å²) in [5.74, 6) is 1.53. The summed E-state index contributed by atoms with van der Waals surface area (Å²) in [6, 6.07) is 1.02. The van der Waals surface area contributed by atoms with Gasteiger partial charge in [-0.25, -0.2) is 0 Å². The first kappa shape index (κ1) is 13.4. The summed E-state index contributed by atoms with van der Waals surface area (Å²) in [4.78, 5) is 2.60. The fourth-order valence-corrected chi connectivity index (χ4v) is 3.89. The molecule has 1 N–H and O–H groups in total. The van der Waals surface area contributed by atoms with E-state index in [1.54, 1.807) is 0 Å². The molecule has 2 aliphatic rings. The van der Waals surface area contributed by atoms with E-state index in [0.29, 0.717) is 12.1 Å². The molecule has 2 rings (SSSR count). The van der Waals surface area contributed by atoms with Crippen LogP contribution in [0.2, 0.25) is 0 Å². The van der Waals surface area contributed by atoms with Crippen LogP contribution >= 0.6 is 0 Å². The van der Waals surface area contributed by atoms with Gasteiger partial charge in [-0.2, -0.15) is 0 Å². The SMILES string of the molecule is CC1CC(C)C(C)N(C2CCC(C)(C)C2O)C1. The van der Waals surface area contributed by atoms with E-state index in [1.807, 2.05) is 0 Å². The third-order valence-electron chi connectivity index (χ3n) is 5.32. The molecule has 0 amide bonds. The molecule has 0 aromatic heterocycles. The Kier molecular flexibility index (Phi) is 3.57. The molecule has 0 bridgehead atoms. The van der Waals surface area contributed by atoms with Crippen molar-refractivity contribution in [1.82, 2.24) is 4.90 Å². The maximum Gasteiger partial charge on any atom is 0.0746 e. The van der Waals surface area contributed by atoms with Crippen LogP contribution in [0.3, 0.4) is 0 Å². The summed E-state index contributed by atoms with van der Waals surface area (Å²) in [6.07, 6.45) is 3.51. The molecule has 0 spiro atoms. The van der Waals surface area contributed by atoms with Crippen molar-refractivity contribution in [2.45, 2.75) is 72.1 Å². The van der Waals surface area contributed by atoms with Gasteiger partial charge in [-0.1, -0.05) is 27.7 Å². The minimum atomic E-state index is -0.151. The van der Waals surface area contributed by atoms with Gasteiger partial charge in [0, 0.05) is 18.6 Å². The Labute approximate surface area is 106 Å². The van der Waals surface area contributed by atoms with E-state index in [-0.39, 0.29) is 11.5 Å². The second-order valence-electron chi connectivity index (χ2n) is 7.29. The second-order valence-corrected chi connectivity index (χ2v) is 7.29. The summed E-state index contributed by atoms with van der Waals surface area (Å²) in [5, 5.41) is 10.5. The molecule has 0 aromatic carbocycles. The number of rotatable bonds is 1. The maximum absolute atomic E-state index is 10.5. The van der Waals surface area contributed by atoms with Crippen LogP contribution in [0.1, 0.15) is 53.9 Å². The average Bonchev–Trinajstić information content (AvgIpc) is 2.49. The third-order valence-corrected chi connectivity index (χ3v) is 5.32. The number of nitrogens with zero attached hydrogens (tertiary/aromatic N) is 1. The molecular formula is C15H29NO. The monoisotopic (exact) mass is 239 g/mol. The van der Waals surface area contributed by atoms with Crippen LogP contribution in [0.15, 0.2) is 0 Å². The molecule has 2 fully saturated rings. The highest BCUT2D eigenvalue weighted by molar-refractivity contribution is 4.99. The molecule has 2 heteroatoms. The Balaban J connectivity index is 2.11. The van der Waals surface area contributed by atoms with E-state index in [0.717, 1.165) is 24.7 Å². The highest BCUT2D eigenvalue weighted by atomic mass is 16.3. The van der Waals surface area contributed by atoms with Gasteiger partial charge in [-0.15, -0.1) is 0 Å². The summed E-state index contributed by atoms with van der Waals surface area (Å²) >= 11 is 0. The van der Waals surface area contributed by atoms with E-state index in [4.69, 9.17) is 0 Å². The van der Waals surface area contributed by atoms with Gasteiger partial charge in [0.2, 0.25) is 0 Å². The van der Waals surface area contributed by atoms with E-state index in [1.165, 1.54) is 13.0 Å². The lowest BCUT2D eigenvalue weighted by molar-refractivity contribution is -0.0321. The van der Waals surface area contributed by atoms with Gasteiger partial charge < -0.3 is 5.11 Å². The zero-order chi connectivity index (χ0) is 12.8. The van der Waals surface area contributed by atoms with Gasteiger partial charge in [0.25, 0.3) is 0 Å². The van der Waals surface area contributed by atoms with Crippen molar-refractivity contribution >= 4 is 0 Å². The molecule has 1 saturated heterocycles. The van der Waals surface area contributed by atoms with Gasteiger partial charge >= 0.3 is 0 Å². The van der Waals surface area contributed by atoms with E-state index >= 15 is 0 Å². The molecule has 1 saturated carbocycles. The predicted molar refractivity (Wildman–Crippen MR) is 71.9 cm³/mol. The number of hydrogen-bond acceptors (Lipinski definition) is 2. The highest BCUT2D eigenvalue weighted by Crippen LogP contribution is 2.42. The van der Waals surface area contributed by atoms with Crippen molar-refractivity contribution in [2.75, 3.05) is 6.54 Å². The van der Waals surface area contributed by atoms with Crippen molar-refractivity contribution in [1.29, 1.82) is 0 Å². The molecule has 17 heavy (non-hydrogen) atoms. The van der Waals surface area contributed by atoms with E-state index < -0.39 is 0 Å². The summed E-state index contributed by atoms with van der Waals surface area (Å²) < 4.78 is 0. The lowest BCUT2D eigenvalue weighted by Gasteiger charge is -2.46. The number of likely N-dealkylation sites (tertiary alicyclic amines) is 1. The second kappa shape index (κ2) is 4.55. The van der Waals surface area contributed by atoms with Crippen LogP contribution in [0, 0.1) is 17.3 Å². The quantitative estimate of drug-likeness (QED) is 0.760. The minimum Gasteiger partial charge on any atom is -0.391 e. The molecule has 5 unspecified atom stereocenters. The molecule has 0 aromatic rings. The molecule has 1 aliphatic carbocycles. The van der Waals surface area contributed by atoms with E-state index in [9.17, 15) is 5.11 Å². The minimum absolute atomic E-state index is 0.105. The van der Waals surface area contributed by atoms with Gasteiger partial charge in [0.15, 0.2) is 0 Å². The predicted octanol–water partition coefficient (Wildman–Crippen LogP) is 2.90. The molecule has 1 heterocycles. The summed E-state index contributed by atoms with van der Waals surface area (Å²) in [5.41, 5.74) is 0.105. The Hall–Kier alpha value is -0.0800. The number of piperidine rings is 1. The zero-order valence-corrected chi connectivity index (χ0v) is 12.1. The van der Waals surface area contributed by atoms with Crippen molar-refractivity contribution in [3.8, 4) is 0 Å². The number of aliphatic hydroxyl groups excluding tert-OH is 1. The first-order chi connectivity index (χ1) is 7.83. The van der Waals surface area contributed by atoms with Gasteiger partial charge in [-0.05, 0) is 43.4 Å². The summed E-state index contributed by atoms with van der Waals surface area (Å²) in [7, 11) is 0. The topological polar surface area (TPSA) is 23.5 Å². The van der Waals surface area contributed by atoms with Crippen LogP contribution in [0.25, 0.3) is 0 Å². The fraction of sp³-hybridized carbons (Fsp3) is 1.00. The van der Waals surface area contributed by atoms with Crippen molar-refractivity contribution in [2.24, 2.45) is 17.3 Å². The first-order valence-corrected chi connectivity index (χ1v) is 7.26. The zero-order valence-electron chi connectivity index (χ0n) is 12.1. The molecule has 2 nitrogen and oxygen atoms in total. The smallest absolute Gasteiger partial charge is 0.0746 e.